The van der Waals surface area contributed by atoms with E-state index in [0.717, 1.165) is 30.0 Å². The number of benzene rings is 1. The molecule has 2 atom stereocenters. The molecule has 1 aliphatic heterocycles. The van der Waals surface area contributed by atoms with Crippen molar-refractivity contribution in [2.75, 3.05) is 11.9 Å². The van der Waals surface area contributed by atoms with Gasteiger partial charge in [-0.15, -0.1) is 0 Å². The maximum Gasteiger partial charge on any atom is 0.224 e. The zero-order valence-electron chi connectivity index (χ0n) is 12.7. The second kappa shape index (κ2) is 7.07. The largest absolute Gasteiger partial charge is 0.366 e. The number of rotatable bonds is 5. The molecule has 2 unspecified atom stereocenters. The van der Waals surface area contributed by atoms with Crippen LogP contribution in [0.1, 0.15) is 26.2 Å². The van der Waals surface area contributed by atoms with E-state index in [2.05, 4.69) is 27.5 Å². The summed E-state index contributed by atoms with van der Waals surface area (Å²) in [6, 6.07) is 12.9. The fourth-order valence-electron chi connectivity index (χ4n) is 2.98. The number of hydrogen-bond acceptors (Lipinski definition) is 4. The molecule has 0 spiro atoms. The van der Waals surface area contributed by atoms with E-state index in [1.165, 1.54) is 12.8 Å². The highest BCUT2D eigenvalue weighted by molar-refractivity contribution is 6.28. The molecule has 1 aliphatic rings. The van der Waals surface area contributed by atoms with Crippen LogP contribution in [0, 0.1) is 0 Å². The van der Waals surface area contributed by atoms with Gasteiger partial charge in [0.05, 0.1) is 5.69 Å². The first-order valence-corrected chi connectivity index (χ1v) is 8.24. The molecule has 1 aromatic heterocycles. The summed E-state index contributed by atoms with van der Waals surface area (Å²) in [4.78, 5) is 8.67. The average molecular weight is 317 g/mol. The van der Waals surface area contributed by atoms with Gasteiger partial charge in [0.25, 0.3) is 0 Å². The van der Waals surface area contributed by atoms with E-state index >= 15 is 0 Å². The van der Waals surface area contributed by atoms with Crippen LogP contribution >= 0.6 is 11.6 Å². The minimum atomic E-state index is 0.276. The molecule has 4 nitrogen and oxygen atoms in total. The lowest BCUT2D eigenvalue weighted by Gasteiger charge is -2.24. The summed E-state index contributed by atoms with van der Waals surface area (Å²) < 4.78 is 0. The molecule has 1 aromatic carbocycles. The molecule has 116 valence electrons. The summed E-state index contributed by atoms with van der Waals surface area (Å²) in [5.74, 6) is 0.791. The summed E-state index contributed by atoms with van der Waals surface area (Å²) in [6.07, 6.45) is 3.48. The van der Waals surface area contributed by atoms with Crippen molar-refractivity contribution in [3.8, 4) is 11.3 Å². The van der Waals surface area contributed by atoms with Crippen molar-refractivity contribution in [1.29, 1.82) is 0 Å². The van der Waals surface area contributed by atoms with Crippen LogP contribution in [0.15, 0.2) is 36.4 Å². The summed E-state index contributed by atoms with van der Waals surface area (Å²) >= 11 is 6.11. The van der Waals surface area contributed by atoms with Gasteiger partial charge in [-0.3, -0.25) is 0 Å². The highest BCUT2D eigenvalue weighted by Crippen LogP contribution is 2.23. The maximum atomic E-state index is 6.11. The second-order valence-electron chi connectivity index (χ2n) is 5.64. The van der Waals surface area contributed by atoms with E-state index in [4.69, 9.17) is 11.6 Å². The molecule has 0 bridgehead atoms. The quantitative estimate of drug-likeness (QED) is 0.825. The van der Waals surface area contributed by atoms with Crippen LogP contribution < -0.4 is 10.6 Å². The number of anilines is 1. The van der Waals surface area contributed by atoms with Gasteiger partial charge in [-0.1, -0.05) is 37.3 Å². The lowest BCUT2D eigenvalue weighted by Crippen LogP contribution is -2.39. The third kappa shape index (κ3) is 3.57. The van der Waals surface area contributed by atoms with Gasteiger partial charge in [-0.2, -0.15) is 0 Å². The summed E-state index contributed by atoms with van der Waals surface area (Å²) in [5, 5.41) is 7.35. The van der Waals surface area contributed by atoms with Crippen LogP contribution in [-0.4, -0.2) is 28.6 Å². The van der Waals surface area contributed by atoms with Crippen molar-refractivity contribution in [1.82, 2.24) is 15.3 Å². The van der Waals surface area contributed by atoms with Gasteiger partial charge in [0, 0.05) is 23.7 Å². The minimum absolute atomic E-state index is 0.276. The highest BCUT2D eigenvalue weighted by Gasteiger charge is 2.23. The van der Waals surface area contributed by atoms with Crippen molar-refractivity contribution in [2.45, 2.75) is 38.3 Å². The van der Waals surface area contributed by atoms with Crippen LogP contribution in [0.5, 0.6) is 0 Å². The van der Waals surface area contributed by atoms with Crippen LogP contribution in [0.3, 0.4) is 0 Å². The van der Waals surface area contributed by atoms with E-state index in [9.17, 15) is 0 Å². The fourth-order valence-corrected chi connectivity index (χ4v) is 3.16. The van der Waals surface area contributed by atoms with Crippen molar-refractivity contribution >= 4 is 17.4 Å². The number of nitrogens with zero attached hydrogens (tertiary/aromatic N) is 2. The third-order valence-corrected chi connectivity index (χ3v) is 4.29. The lowest BCUT2D eigenvalue weighted by molar-refractivity contribution is 0.498. The molecule has 3 rings (SSSR count). The lowest BCUT2D eigenvalue weighted by atomic mass is 10.0. The van der Waals surface area contributed by atoms with Crippen LogP contribution in [0.25, 0.3) is 11.3 Å². The van der Waals surface area contributed by atoms with Crippen LogP contribution in [0.4, 0.5) is 5.82 Å². The van der Waals surface area contributed by atoms with Crippen LogP contribution in [-0.2, 0) is 0 Å². The number of aromatic nitrogens is 2. The molecule has 1 saturated heterocycles. The van der Waals surface area contributed by atoms with Crippen molar-refractivity contribution in [3.63, 3.8) is 0 Å². The molecular weight excluding hydrogens is 296 g/mol. The van der Waals surface area contributed by atoms with Crippen molar-refractivity contribution in [2.24, 2.45) is 0 Å². The zero-order chi connectivity index (χ0) is 15.4. The molecule has 1 fully saturated rings. The zero-order valence-corrected chi connectivity index (χ0v) is 13.5. The first-order valence-electron chi connectivity index (χ1n) is 7.86. The first kappa shape index (κ1) is 15.3. The van der Waals surface area contributed by atoms with E-state index in [0.29, 0.717) is 12.1 Å². The Morgan fingerprint density at radius 2 is 2.14 bits per heavy atom. The van der Waals surface area contributed by atoms with E-state index in [-0.39, 0.29) is 5.28 Å². The standard InChI is InChI=1S/C17H21ClN4/c1-2-13(14-9-6-10-19-14)20-16-11-15(21-17(18)22-16)12-7-4-3-5-8-12/h3-5,7-8,11,13-14,19H,2,6,9-10H2,1H3,(H,20,21,22). The molecule has 2 heterocycles. The van der Waals surface area contributed by atoms with E-state index in [1.54, 1.807) is 0 Å². The molecule has 5 heteroatoms. The molecule has 2 aromatic rings. The Morgan fingerprint density at radius 3 is 2.82 bits per heavy atom. The normalized spacial score (nSPS) is 19.1. The molecule has 0 amide bonds. The summed E-state index contributed by atoms with van der Waals surface area (Å²) in [5.41, 5.74) is 1.89. The van der Waals surface area contributed by atoms with E-state index < -0.39 is 0 Å². The van der Waals surface area contributed by atoms with Gasteiger partial charge in [0.2, 0.25) is 5.28 Å². The SMILES string of the molecule is CCC(Nc1cc(-c2ccccc2)nc(Cl)n1)C1CCCN1. The van der Waals surface area contributed by atoms with Gasteiger partial charge >= 0.3 is 0 Å². The fraction of sp³-hybridized carbons (Fsp3) is 0.412. The first-order chi connectivity index (χ1) is 10.8. The Balaban J connectivity index is 1.83. The molecule has 22 heavy (non-hydrogen) atoms. The number of hydrogen-bond donors (Lipinski definition) is 2. The average Bonchev–Trinajstić information content (AvgIpc) is 3.07. The minimum Gasteiger partial charge on any atom is -0.366 e. The molecule has 2 N–H and O–H groups in total. The molecule has 0 aliphatic carbocycles. The van der Waals surface area contributed by atoms with Crippen molar-refractivity contribution in [3.05, 3.63) is 41.7 Å². The van der Waals surface area contributed by atoms with Gasteiger partial charge in [-0.25, -0.2) is 9.97 Å². The predicted octanol–water partition coefficient (Wildman–Crippen LogP) is 3.74. The highest BCUT2D eigenvalue weighted by atomic mass is 35.5. The maximum absolute atomic E-state index is 6.11. The monoisotopic (exact) mass is 316 g/mol. The van der Waals surface area contributed by atoms with Gasteiger partial charge < -0.3 is 10.6 Å². The Labute approximate surface area is 136 Å². The summed E-state index contributed by atoms with van der Waals surface area (Å²) in [6.45, 7) is 3.29. The van der Waals surface area contributed by atoms with Gasteiger partial charge in [0.15, 0.2) is 0 Å². The van der Waals surface area contributed by atoms with Gasteiger partial charge in [-0.05, 0) is 37.4 Å². The summed E-state index contributed by atoms with van der Waals surface area (Å²) in [7, 11) is 0. The Hall–Kier alpha value is -1.65. The van der Waals surface area contributed by atoms with Crippen molar-refractivity contribution < 1.29 is 0 Å². The number of nitrogens with one attached hydrogen (secondary N) is 2. The van der Waals surface area contributed by atoms with Crippen LogP contribution in [0.2, 0.25) is 5.28 Å². The predicted molar refractivity (Wildman–Crippen MR) is 91.2 cm³/mol. The third-order valence-electron chi connectivity index (χ3n) is 4.13. The number of halogens is 1. The molecule has 0 radical (unpaired) electrons. The molecule has 0 saturated carbocycles. The van der Waals surface area contributed by atoms with Gasteiger partial charge in [0.1, 0.15) is 5.82 Å². The van der Waals surface area contributed by atoms with E-state index in [1.807, 2.05) is 36.4 Å². The second-order valence-corrected chi connectivity index (χ2v) is 5.97. The Kier molecular flexibility index (Phi) is 4.90. The molecular formula is C17H21ClN4. The smallest absolute Gasteiger partial charge is 0.224 e. The Morgan fingerprint density at radius 1 is 1.32 bits per heavy atom. The Bertz CT molecular complexity index is 611. The topological polar surface area (TPSA) is 49.8 Å².